The number of H-pyrrole nitrogens is 1. The molecular weight excluding hydrogens is 430 g/mol. The molecule has 1 N–H and O–H groups in total. The van der Waals surface area contributed by atoms with E-state index in [4.69, 9.17) is 4.74 Å². The molecule has 9 heteroatoms. The van der Waals surface area contributed by atoms with Gasteiger partial charge in [-0.2, -0.15) is 0 Å². The standard InChI is InChI=1S/C25H37N7O2/c1-5-19-7-8-22-20(15-19)16-21(24(33)26-22)17-31(10-6-9-30-11-13-34-14-12-30)18-23-27-28-29-32(23)25(2,3)4/h7-8,15-16H,5-6,9-14,17-18H2,1-4H3,(H,26,33). The SMILES string of the molecule is CCc1ccc2[nH]c(=O)c(CN(CCCN3CCOCC3)Cc3nnnn3C(C)(C)C)cc2c1. The van der Waals surface area contributed by atoms with E-state index >= 15 is 0 Å². The fraction of sp³-hybridized carbons (Fsp3) is 0.600. The topological polar surface area (TPSA) is 92.2 Å². The summed E-state index contributed by atoms with van der Waals surface area (Å²) < 4.78 is 7.35. The van der Waals surface area contributed by atoms with Crippen LogP contribution in [0.5, 0.6) is 0 Å². The molecule has 34 heavy (non-hydrogen) atoms. The Bertz CT molecular complexity index is 1140. The zero-order chi connectivity index (χ0) is 24.1. The number of fused-ring (bicyclic) bond motifs is 1. The van der Waals surface area contributed by atoms with E-state index in [0.29, 0.717) is 13.1 Å². The monoisotopic (exact) mass is 467 g/mol. The molecule has 1 fully saturated rings. The summed E-state index contributed by atoms with van der Waals surface area (Å²) in [4.78, 5) is 20.7. The van der Waals surface area contributed by atoms with Gasteiger partial charge in [-0.3, -0.25) is 14.6 Å². The molecule has 0 atom stereocenters. The Morgan fingerprint density at radius 3 is 2.68 bits per heavy atom. The van der Waals surface area contributed by atoms with Crippen LogP contribution in [0.15, 0.2) is 29.1 Å². The van der Waals surface area contributed by atoms with Crippen LogP contribution in [0.4, 0.5) is 0 Å². The summed E-state index contributed by atoms with van der Waals surface area (Å²) in [6, 6.07) is 8.27. The van der Waals surface area contributed by atoms with Gasteiger partial charge in [0.05, 0.1) is 25.3 Å². The van der Waals surface area contributed by atoms with E-state index in [1.807, 2.05) is 16.8 Å². The number of aryl methyl sites for hydroxylation is 1. The van der Waals surface area contributed by atoms with Crippen LogP contribution in [0.2, 0.25) is 0 Å². The summed E-state index contributed by atoms with van der Waals surface area (Å²) in [5, 5.41) is 13.5. The minimum Gasteiger partial charge on any atom is -0.379 e. The number of pyridine rings is 1. The predicted molar refractivity (Wildman–Crippen MR) is 133 cm³/mol. The Morgan fingerprint density at radius 2 is 1.94 bits per heavy atom. The molecule has 1 aromatic carbocycles. The highest BCUT2D eigenvalue weighted by Crippen LogP contribution is 2.18. The Hall–Kier alpha value is -2.62. The lowest BCUT2D eigenvalue weighted by atomic mass is 10.1. The van der Waals surface area contributed by atoms with Crippen LogP contribution >= 0.6 is 0 Å². The summed E-state index contributed by atoms with van der Waals surface area (Å²) in [6.45, 7) is 15.0. The van der Waals surface area contributed by atoms with Crippen molar-refractivity contribution in [1.29, 1.82) is 0 Å². The highest BCUT2D eigenvalue weighted by Gasteiger charge is 2.22. The molecule has 1 aliphatic heterocycles. The third-order valence-electron chi connectivity index (χ3n) is 6.37. The molecule has 0 amide bonds. The van der Waals surface area contributed by atoms with Gasteiger partial charge < -0.3 is 9.72 Å². The molecule has 1 aliphatic rings. The molecule has 3 heterocycles. The maximum atomic E-state index is 12.9. The van der Waals surface area contributed by atoms with Gasteiger partial charge >= 0.3 is 0 Å². The summed E-state index contributed by atoms with van der Waals surface area (Å²) in [7, 11) is 0. The second-order valence-electron chi connectivity index (χ2n) is 10.1. The van der Waals surface area contributed by atoms with Crippen LogP contribution in [-0.2, 0) is 29.8 Å². The first-order valence-electron chi connectivity index (χ1n) is 12.3. The van der Waals surface area contributed by atoms with Crippen molar-refractivity contribution in [2.45, 2.75) is 59.2 Å². The summed E-state index contributed by atoms with van der Waals surface area (Å²) in [6.07, 6.45) is 1.97. The van der Waals surface area contributed by atoms with Crippen LogP contribution in [0, 0.1) is 0 Å². The Kier molecular flexibility index (Phi) is 7.75. The molecular formula is C25H37N7O2. The van der Waals surface area contributed by atoms with E-state index in [2.05, 4.69) is 70.1 Å². The van der Waals surface area contributed by atoms with Gasteiger partial charge in [-0.15, -0.1) is 5.10 Å². The first-order valence-corrected chi connectivity index (χ1v) is 12.3. The van der Waals surface area contributed by atoms with E-state index in [0.717, 1.165) is 74.5 Å². The van der Waals surface area contributed by atoms with Gasteiger partial charge in [-0.05, 0) is 79.7 Å². The van der Waals surface area contributed by atoms with Crippen molar-refractivity contribution in [3.8, 4) is 0 Å². The Balaban J connectivity index is 1.55. The van der Waals surface area contributed by atoms with Gasteiger partial charge in [-0.25, -0.2) is 4.68 Å². The fourth-order valence-electron chi connectivity index (χ4n) is 4.46. The van der Waals surface area contributed by atoms with Crippen LogP contribution in [0.1, 0.15) is 51.1 Å². The lowest BCUT2D eigenvalue weighted by molar-refractivity contribution is 0.0358. The second-order valence-corrected chi connectivity index (χ2v) is 10.1. The predicted octanol–water partition coefficient (Wildman–Crippen LogP) is 2.56. The van der Waals surface area contributed by atoms with Gasteiger partial charge in [0.1, 0.15) is 0 Å². The molecule has 4 rings (SSSR count). The molecule has 0 saturated carbocycles. The number of ether oxygens (including phenoxy) is 1. The first kappa shape index (κ1) is 24.5. The lowest BCUT2D eigenvalue weighted by Crippen LogP contribution is -2.38. The summed E-state index contributed by atoms with van der Waals surface area (Å²) in [5.41, 5.74) is 2.65. The van der Waals surface area contributed by atoms with Crippen molar-refractivity contribution in [3.05, 3.63) is 51.6 Å². The smallest absolute Gasteiger partial charge is 0.252 e. The number of aromatic nitrogens is 5. The summed E-state index contributed by atoms with van der Waals surface area (Å²) in [5.74, 6) is 0.810. The summed E-state index contributed by atoms with van der Waals surface area (Å²) >= 11 is 0. The van der Waals surface area contributed by atoms with Crippen molar-refractivity contribution in [1.82, 2.24) is 35.0 Å². The quantitative estimate of drug-likeness (QED) is 0.517. The Morgan fingerprint density at radius 1 is 1.15 bits per heavy atom. The zero-order valence-electron chi connectivity index (χ0n) is 20.9. The molecule has 0 unspecified atom stereocenters. The molecule has 0 aliphatic carbocycles. The van der Waals surface area contributed by atoms with Crippen LogP contribution in [-0.4, -0.2) is 74.4 Å². The number of nitrogens with one attached hydrogen (secondary N) is 1. The molecule has 0 bridgehead atoms. The number of benzene rings is 1. The highest BCUT2D eigenvalue weighted by molar-refractivity contribution is 5.79. The minimum atomic E-state index is -0.213. The number of hydrogen-bond acceptors (Lipinski definition) is 7. The Labute approximate surface area is 201 Å². The maximum absolute atomic E-state index is 12.9. The number of aromatic amines is 1. The number of rotatable bonds is 9. The van der Waals surface area contributed by atoms with Crippen molar-refractivity contribution in [2.75, 3.05) is 39.4 Å². The van der Waals surface area contributed by atoms with Gasteiger partial charge in [0.15, 0.2) is 5.82 Å². The minimum absolute atomic E-state index is 0.0367. The van der Waals surface area contributed by atoms with Crippen LogP contribution in [0.25, 0.3) is 10.9 Å². The molecule has 3 aromatic rings. The third-order valence-corrected chi connectivity index (χ3v) is 6.37. The average molecular weight is 468 g/mol. The highest BCUT2D eigenvalue weighted by atomic mass is 16.5. The van der Waals surface area contributed by atoms with Gasteiger partial charge in [0.25, 0.3) is 5.56 Å². The van der Waals surface area contributed by atoms with Crippen molar-refractivity contribution in [3.63, 3.8) is 0 Å². The van der Waals surface area contributed by atoms with E-state index in [1.54, 1.807) is 0 Å². The number of tetrazole rings is 1. The van der Waals surface area contributed by atoms with E-state index < -0.39 is 0 Å². The van der Waals surface area contributed by atoms with E-state index in [1.165, 1.54) is 5.56 Å². The van der Waals surface area contributed by atoms with E-state index in [-0.39, 0.29) is 11.1 Å². The van der Waals surface area contributed by atoms with Crippen molar-refractivity contribution < 1.29 is 4.74 Å². The normalized spacial score (nSPS) is 15.4. The van der Waals surface area contributed by atoms with Crippen molar-refractivity contribution in [2.24, 2.45) is 0 Å². The molecule has 1 saturated heterocycles. The molecule has 184 valence electrons. The maximum Gasteiger partial charge on any atom is 0.252 e. The van der Waals surface area contributed by atoms with Crippen LogP contribution < -0.4 is 5.56 Å². The molecule has 2 aromatic heterocycles. The van der Waals surface area contributed by atoms with E-state index in [9.17, 15) is 4.79 Å². The second kappa shape index (κ2) is 10.8. The third kappa shape index (κ3) is 6.08. The van der Waals surface area contributed by atoms with Gasteiger partial charge in [0, 0.05) is 37.3 Å². The van der Waals surface area contributed by atoms with Crippen LogP contribution in [0.3, 0.4) is 0 Å². The van der Waals surface area contributed by atoms with Gasteiger partial charge in [0.2, 0.25) is 0 Å². The van der Waals surface area contributed by atoms with Gasteiger partial charge in [-0.1, -0.05) is 13.0 Å². The van der Waals surface area contributed by atoms with Crippen molar-refractivity contribution >= 4 is 10.9 Å². The number of hydrogen-bond donors (Lipinski definition) is 1. The molecule has 0 spiro atoms. The zero-order valence-corrected chi connectivity index (χ0v) is 20.9. The number of morpholine rings is 1. The fourth-order valence-corrected chi connectivity index (χ4v) is 4.46. The largest absolute Gasteiger partial charge is 0.379 e. The number of nitrogens with zero attached hydrogens (tertiary/aromatic N) is 6. The molecule has 0 radical (unpaired) electrons. The molecule has 9 nitrogen and oxygen atoms in total. The average Bonchev–Trinajstić information content (AvgIpc) is 3.29. The first-order chi connectivity index (χ1) is 16.3. The lowest BCUT2D eigenvalue weighted by Gasteiger charge is -2.28.